The van der Waals surface area contributed by atoms with E-state index in [1.165, 1.54) is 12.1 Å². The van der Waals surface area contributed by atoms with E-state index in [1.807, 2.05) is 6.07 Å². The number of hydrogen-bond donors (Lipinski definition) is 1. The van der Waals surface area contributed by atoms with Crippen LogP contribution in [-0.2, 0) is 0 Å². The molecule has 0 saturated heterocycles. The predicted octanol–water partition coefficient (Wildman–Crippen LogP) is 3.38. The minimum Gasteiger partial charge on any atom is -0.335 e. The molecule has 0 aromatic heterocycles. The SMILES string of the molecule is CC1CC(C)SC(Nc2ccc(F)c(C#N)c2)=N1. The second-order valence-corrected chi connectivity index (χ2v) is 5.81. The number of thioether (sulfide) groups is 1. The van der Waals surface area contributed by atoms with E-state index in [1.54, 1.807) is 17.8 Å². The molecule has 1 aromatic rings. The second-order valence-electron chi connectivity index (χ2n) is 4.38. The summed E-state index contributed by atoms with van der Waals surface area (Å²) in [5, 5.41) is 13.3. The molecule has 2 atom stereocenters. The van der Waals surface area contributed by atoms with Crippen molar-refractivity contribution in [2.45, 2.75) is 31.6 Å². The highest BCUT2D eigenvalue weighted by Crippen LogP contribution is 2.26. The largest absolute Gasteiger partial charge is 0.335 e. The normalized spacial score (nSPS) is 23.1. The van der Waals surface area contributed by atoms with Crippen LogP contribution >= 0.6 is 11.8 Å². The van der Waals surface area contributed by atoms with Crippen molar-refractivity contribution in [1.82, 2.24) is 0 Å². The quantitative estimate of drug-likeness (QED) is 0.845. The molecule has 5 heteroatoms. The summed E-state index contributed by atoms with van der Waals surface area (Å²) in [6, 6.07) is 6.53. The van der Waals surface area contributed by atoms with E-state index in [4.69, 9.17) is 5.26 Å². The monoisotopic (exact) mass is 263 g/mol. The fourth-order valence-corrected chi connectivity index (χ4v) is 3.05. The fraction of sp³-hybridized carbons (Fsp3) is 0.385. The van der Waals surface area contributed by atoms with Gasteiger partial charge in [0.25, 0.3) is 0 Å². The van der Waals surface area contributed by atoms with Gasteiger partial charge in [-0.3, -0.25) is 4.99 Å². The molecule has 18 heavy (non-hydrogen) atoms. The van der Waals surface area contributed by atoms with E-state index in [9.17, 15) is 4.39 Å². The summed E-state index contributed by atoms with van der Waals surface area (Å²) in [7, 11) is 0. The summed E-state index contributed by atoms with van der Waals surface area (Å²) in [6.45, 7) is 4.23. The van der Waals surface area contributed by atoms with Gasteiger partial charge in [-0.15, -0.1) is 0 Å². The molecule has 2 rings (SSSR count). The summed E-state index contributed by atoms with van der Waals surface area (Å²) in [6.07, 6.45) is 1.06. The Balaban J connectivity index is 2.17. The molecule has 3 nitrogen and oxygen atoms in total. The Morgan fingerprint density at radius 3 is 2.94 bits per heavy atom. The highest BCUT2D eigenvalue weighted by molar-refractivity contribution is 8.14. The smallest absolute Gasteiger partial charge is 0.161 e. The zero-order valence-corrected chi connectivity index (χ0v) is 11.1. The number of benzene rings is 1. The number of anilines is 1. The van der Waals surface area contributed by atoms with E-state index in [0.717, 1.165) is 11.6 Å². The Morgan fingerprint density at radius 2 is 2.28 bits per heavy atom. The molecule has 1 aromatic carbocycles. The Bertz CT molecular complexity index is 521. The molecule has 0 bridgehead atoms. The first kappa shape index (κ1) is 12.9. The van der Waals surface area contributed by atoms with Gasteiger partial charge in [-0.05, 0) is 31.5 Å². The molecule has 2 unspecified atom stereocenters. The molecule has 0 radical (unpaired) electrons. The lowest BCUT2D eigenvalue weighted by atomic mass is 10.2. The minimum absolute atomic E-state index is 0.0440. The third-order valence-electron chi connectivity index (χ3n) is 2.66. The summed E-state index contributed by atoms with van der Waals surface area (Å²) in [5.41, 5.74) is 0.739. The van der Waals surface area contributed by atoms with Gasteiger partial charge in [0.1, 0.15) is 11.9 Å². The van der Waals surface area contributed by atoms with Crippen molar-refractivity contribution >= 4 is 22.6 Å². The maximum absolute atomic E-state index is 13.2. The van der Waals surface area contributed by atoms with Crippen LogP contribution in [0.5, 0.6) is 0 Å². The van der Waals surface area contributed by atoms with Crippen molar-refractivity contribution in [1.29, 1.82) is 5.26 Å². The number of amidine groups is 1. The predicted molar refractivity (Wildman–Crippen MR) is 73.3 cm³/mol. The van der Waals surface area contributed by atoms with E-state index in [-0.39, 0.29) is 5.56 Å². The number of aliphatic imine (C=N–C) groups is 1. The zero-order valence-electron chi connectivity index (χ0n) is 10.3. The molecule has 0 aliphatic carbocycles. The molecule has 94 valence electrons. The van der Waals surface area contributed by atoms with Gasteiger partial charge in [-0.1, -0.05) is 18.7 Å². The van der Waals surface area contributed by atoms with Crippen LogP contribution in [0.3, 0.4) is 0 Å². The molecule has 1 N–H and O–H groups in total. The molecule has 1 heterocycles. The molecule has 1 aliphatic rings. The zero-order chi connectivity index (χ0) is 13.1. The summed E-state index contributed by atoms with van der Waals surface area (Å²) < 4.78 is 13.2. The van der Waals surface area contributed by atoms with Crippen LogP contribution in [0.2, 0.25) is 0 Å². The van der Waals surface area contributed by atoms with Gasteiger partial charge in [-0.25, -0.2) is 4.39 Å². The van der Waals surface area contributed by atoms with Gasteiger partial charge in [0.2, 0.25) is 0 Å². The first-order valence-corrected chi connectivity index (χ1v) is 6.67. The van der Waals surface area contributed by atoms with E-state index in [2.05, 4.69) is 24.2 Å². The van der Waals surface area contributed by atoms with Crippen LogP contribution in [0.4, 0.5) is 10.1 Å². The lowest BCUT2D eigenvalue weighted by Crippen LogP contribution is -2.22. The summed E-state index contributed by atoms with van der Waals surface area (Å²) in [4.78, 5) is 4.50. The lowest BCUT2D eigenvalue weighted by molar-refractivity contribution is 0.624. The average molecular weight is 263 g/mol. The molecule has 1 aliphatic heterocycles. The van der Waals surface area contributed by atoms with Gasteiger partial charge in [0.15, 0.2) is 5.17 Å². The maximum Gasteiger partial charge on any atom is 0.161 e. The van der Waals surface area contributed by atoms with Gasteiger partial charge in [0.05, 0.1) is 11.6 Å². The van der Waals surface area contributed by atoms with Crippen LogP contribution < -0.4 is 5.32 Å². The Labute approximate surface area is 110 Å². The van der Waals surface area contributed by atoms with Gasteiger partial charge in [-0.2, -0.15) is 5.26 Å². The maximum atomic E-state index is 13.2. The minimum atomic E-state index is -0.497. The number of rotatable bonds is 1. The fourth-order valence-electron chi connectivity index (χ4n) is 1.88. The Kier molecular flexibility index (Phi) is 3.87. The van der Waals surface area contributed by atoms with Gasteiger partial charge >= 0.3 is 0 Å². The highest BCUT2D eigenvalue weighted by atomic mass is 32.2. The van der Waals surface area contributed by atoms with Crippen LogP contribution in [0, 0.1) is 17.1 Å². The van der Waals surface area contributed by atoms with E-state index < -0.39 is 5.82 Å². The van der Waals surface area contributed by atoms with Crippen molar-refractivity contribution in [2.24, 2.45) is 4.99 Å². The third kappa shape index (κ3) is 3.02. The van der Waals surface area contributed by atoms with E-state index in [0.29, 0.717) is 17.0 Å². The van der Waals surface area contributed by atoms with Crippen molar-refractivity contribution in [3.63, 3.8) is 0 Å². The first-order valence-electron chi connectivity index (χ1n) is 5.79. The van der Waals surface area contributed by atoms with Crippen molar-refractivity contribution in [3.8, 4) is 6.07 Å². The second kappa shape index (κ2) is 5.40. The Morgan fingerprint density at radius 1 is 1.50 bits per heavy atom. The molecule has 0 spiro atoms. The van der Waals surface area contributed by atoms with Crippen molar-refractivity contribution in [2.75, 3.05) is 5.32 Å². The summed E-state index contributed by atoms with van der Waals surface area (Å²) >= 11 is 1.66. The van der Waals surface area contributed by atoms with Crippen molar-refractivity contribution < 1.29 is 4.39 Å². The van der Waals surface area contributed by atoms with Crippen LogP contribution in [-0.4, -0.2) is 16.5 Å². The number of nitrogens with one attached hydrogen (secondary N) is 1. The van der Waals surface area contributed by atoms with Crippen LogP contribution in [0.15, 0.2) is 23.2 Å². The van der Waals surface area contributed by atoms with E-state index >= 15 is 0 Å². The molecular weight excluding hydrogens is 249 g/mol. The molecule has 0 amide bonds. The number of nitrogens with zero attached hydrogens (tertiary/aromatic N) is 2. The third-order valence-corrected chi connectivity index (χ3v) is 3.69. The number of nitriles is 1. The average Bonchev–Trinajstić information content (AvgIpc) is 2.30. The van der Waals surface area contributed by atoms with Crippen LogP contribution in [0.1, 0.15) is 25.8 Å². The number of hydrogen-bond acceptors (Lipinski definition) is 4. The Hall–Kier alpha value is -1.54. The van der Waals surface area contributed by atoms with Crippen LogP contribution in [0.25, 0.3) is 0 Å². The first-order chi connectivity index (χ1) is 8.58. The van der Waals surface area contributed by atoms with Gasteiger partial charge in [0, 0.05) is 10.9 Å². The molecule has 0 saturated carbocycles. The summed E-state index contributed by atoms with van der Waals surface area (Å²) in [5.74, 6) is -0.497. The van der Waals surface area contributed by atoms with Crippen molar-refractivity contribution in [3.05, 3.63) is 29.6 Å². The molecular formula is C13H14FN3S. The highest BCUT2D eigenvalue weighted by Gasteiger charge is 2.18. The van der Waals surface area contributed by atoms with Gasteiger partial charge < -0.3 is 5.32 Å². The number of halogens is 1. The molecule has 0 fully saturated rings. The topological polar surface area (TPSA) is 48.2 Å². The lowest BCUT2D eigenvalue weighted by Gasteiger charge is -2.23. The standard InChI is InChI=1S/C13H14FN3S/c1-8-5-9(2)18-13(16-8)17-11-3-4-12(14)10(6-11)7-15/h3-4,6,8-9H,5H2,1-2H3,(H,16,17).